The highest BCUT2D eigenvalue weighted by Crippen LogP contribution is 2.16. The second kappa shape index (κ2) is 8.23. The number of rotatable bonds is 7. The number of aryl methyl sites for hydroxylation is 1. The fourth-order valence-corrected chi connectivity index (χ4v) is 2.23. The molecule has 0 bridgehead atoms. The van der Waals surface area contributed by atoms with Crippen LogP contribution in [0.3, 0.4) is 0 Å². The number of benzene rings is 2. The summed E-state index contributed by atoms with van der Waals surface area (Å²) in [5.41, 5.74) is 2.32. The summed E-state index contributed by atoms with van der Waals surface area (Å²) in [7, 11) is 0. The topological polar surface area (TPSA) is 38.3 Å². The molecule has 0 aliphatic rings. The van der Waals surface area contributed by atoms with E-state index in [2.05, 4.69) is 24.4 Å². The summed E-state index contributed by atoms with van der Waals surface area (Å²) in [6.07, 6.45) is 0.371. The van der Waals surface area contributed by atoms with Crippen molar-refractivity contribution in [3.05, 3.63) is 65.7 Å². The van der Waals surface area contributed by atoms with Crippen LogP contribution in [0.25, 0.3) is 0 Å². The van der Waals surface area contributed by atoms with Gasteiger partial charge in [-0.05, 0) is 30.0 Å². The second-order valence-corrected chi connectivity index (χ2v) is 5.48. The number of nitrogens with one attached hydrogen (secondary N) is 1. The number of carbonyl (C=O) groups is 1. The zero-order valence-electron chi connectivity index (χ0n) is 13.2. The molecule has 0 unspecified atom stereocenters. The van der Waals surface area contributed by atoms with Crippen molar-refractivity contribution in [2.75, 3.05) is 13.2 Å². The Hall–Kier alpha value is -2.29. The SMILES string of the molecule is Cc1ccccc1OCCC(=O)NC[C@H](C)c1ccccc1. The molecular formula is C19H23NO2. The molecule has 1 N–H and O–H groups in total. The lowest BCUT2D eigenvalue weighted by atomic mass is 10.0. The first kappa shape index (κ1) is 16.1. The fraction of sp³-hybridized carbons (Fsp3) is 0.316. The molecule has 0 fully saturated rings. The minimum atomic E-state index is 0.0244. The molecule has 2 rings (SSSR count). The molecule has 0 aliphatic heterocycles. The molecule has 0 spiro atoms. The van der Waals surface area contributed by atoms with Gasteiger partial charge in [0, 0.05) is 6.54 Å². The third-order valence-electron chi connectivity index (χ3n) is 3.65. The predicted octanol–water partition coefficient (Wildman–Crippen LogP) is 3.68. The second-order valence-electron chi connectivity index (χ2n) is 5.48. The maximum atomic E-state index is 11.9. The molecule has 1 amide bonds. The smallest absolute Gasteiger partial charge is 0.223 e. The van der Waals surface area contributed by atoms with Crippen LogP contribution in [-0.2, 0) is 4.79 Å². The number of carbonyl (C=O) groups excluding carboxylic acids is 1. The van der Waals surface area contributed by atoms with Crippen molar-refractivity contribution < 1.29 is 9.53 Å². The zero-order chi connectivity index (χ0) is 15.8. The lowest BCUT2D eigenvalue weighted by molar-refractivity contribution is -0.121. The van der Waals surface area contributed by atoms with E-state index < -0.39 is 0 Å². The lowest BCUT2D eigenvalue weighted by Gasteiger charge is -2.13. The van der Waals surface area contributed by atoms with Crippen molar-refractivity contribution >= 4 is 5.91 Å². The first-order valence-electron chi connectivity index (χ1n) is 7.67. The number of amides is 1. The first-order valence-corrected chi connectivity index (χ1v) is 7.67. The minimum Gasteiger partial charge on any atom is -0.493 e. The standard InChI is InChI=1S/C19H23NO2/c1-15-8-6-7-11-18(15)22-13-12-19(21)20-14-16(2)17-9-4-3-5-10-17/h3-11,16H,12-14H2,1-2H3,(H,20,21)/t16-/m0/s1. The highest BCUT2D eigenvalue weighted by atomic mass is 16.5. The van der Waals surface area contributed by atoms with E-state index in [1.807, 2.05) is 49.4 Å². The monoisotopic (exact) mass is 297 g/mol. The molecule has 116 valence electrons. The molecule has 3 nitrogen and oxygen atoms in total. The Morgan fingerprint density at radius 1 is 1.09 bits per heavy atom. The molecule has 0 saturated heterocycles. The summed E-state index contributed by atoms with van der Waals surface area (Å²) in [6.45, 7) is 5.15. The van der Waals surface area contributed by atoms with Crippen LogP contribution in [0.4, 0.5) is 0 Å². The van der Waals surface area contributed by atoms with E-state index >= 15 is 0 Å². The van der Waals surface area contributed by atoms with Crippen LogP contribution >= 0.6 is 0 Å². The van der Waals surface area contributed by atoms with E-state index in [1.54, 1.807) is 0 Å². The third-order valence-corrected chi connectivity index (χ3v) is 3.65. The summed E-state index contributed by atoms with van der Waals surface area (Å²) < 4.78 is 5.64. The molecule has 0 radical (unpaired) electrons. The quantitative estimate of drug-likeness (QED) is 0.846. The zero-order valence-corrected chi connectivity index (χ0v) is 13.2. The Morgan fingerprint density at radius 3 is 2.50 bits per heavy atom. The maximum absolute atomic E-state index is 11.9. The summed E-state index contributed by atoms with van der Waals surface area (Å²) in [4.78, 5) is 11.9. The number of para-hydroxylation sites is 1. The fourth-order valence-electron chi connectivity index (χ4n) is 2.23. The number of ether oxygens (including phenoxy) is 1. The van der Waals surface area contributed by atoms with Crippen molar-refractivity contribution in [2.24, 2.45) is 0 Å². The average molecular weight is 297 g/mol. The highest BCUT2D eigenvalue weighted by molar-refractivity contribution is 5.76. The third kappa shape index (κ3) is 4.92. The maximum Gasteiger partial charge on any atom is 0.223 e. The number of hydrogen-bond donors (Lipinski definition) is 1. The van der Waals surface area contributed by atoms with Crippen molar-refractivity contribution in [3.8, 4) is 5.75 Å². The first-order chi connectivity index (χ1) is 10.7. The van der Waals surface area contributed by atoms with Gasteiger partial charge in [-0.25, -0.2) is 0 Å². The molecule has 2 aromatic rings. The van der Waals surface area contributed by atoms with E-state index in [0.717, 1.165) is 11.3 Å². The molecule has 0 aliphatic carbocycles. The molecule has 22 heavy (non-hydrogen) atoms. The average Bonchev–Trinajstić information content (AvgIpc) is 2.55. The van der Waals surface area contributed by atoms with Gasteiger partial charge in [-0.15, -0.1) is 0 Å². The molecule has 0 heterocycles. The summed E-state index contributed by atoms with van der Waals surface area (Å²) in [5.74, 6) is 1.17. The van der Waals surface area contributed by atoms with Crippen molar-refractivity contribution in [2.45, 2.75) is 26.2 Å². The summed E-state index contributed by atoms with van der Waals surface area (Å²) >= 11 is 0. The van der Waals surface area contributed by atoms with Gasteiger partial charge >= 0.3 is 0 Å². The van der Waals surface area contributed by atoms with Crippen molar-refractivity contribution in [3.63, 3.8) is 0 Å². The van der Waals surface area contributed by atoms with E-state index in [0.29, 0.717) is 25.5 Å². The normalized spacial score (nSPS) is 11.7. The lowest BCUT2D eigenvalue weighted by Crippen LogP contribution is -2.28. The van der Waals surface area contributed by atoms with Crippen LogP contribution in [0.1, 0.15) is 30.4 Å². The minimum absolute atomic E-state index is 0.0244. The molecule has 0 saturated carbocycles. The summed E-state index contributed by atoms with van der Waals surface area (Å²) in [6, 6.07) is 18.0. The van der Waals surface area contributed by atoms with Crippen molar-refractivity contribution in [1.82, 2.24) is 5.32 Å². The Morgan fingerprint density at radius 2 is 1.77 bits per heavy atom. The molecule has 3 heteroatoms. The van der Waals surface area contributed by atoms with E-state index in [9.17, 15) is 4.79 Å². The predicted molar refractivity (Wildman–Crippen MR) is 89.2 cm³/mol. The van der Waals surface area contributed by atoms with Crippen LogP contribution in [0, 0.1) is 6.92 Å². The van der Waals surface area contributed by atoms with Crippen LogP contribution in [0.15, 0.2) is 54.6 Å². The molecule has 2 aromatic carbocycles. The molecule has 0 aromatic heterocycles. The van der Waals surface area contributed by atoms with Crippen LogP contribution in [0.2, 0.25) is 0 Å². The van der Waals surface area contributed by atoms with Gasteiger partial charge in [0.25, 0.3) is 0 Å². The van der Waals surface area contributed by atoms with Gasteiger partial charge in [-0.2, -0.15) is 0 Å². The van der Waals surface area contributed by atoms with Crippen LogP contribution < -0.4 is 10.1 Å². The molecule has 1 atom stereocenters. The van der Waals surface area contributed by atoms with Gasteiger partial charge in [0.05, 0.1) is 13.0 Å². The van der Waals surface area contributed by atoms with E-state index in [-0.39, 0.29) is 5.91 Å². The van der Waals surface area contributed by atoms with E-state index in [4.69, 9.17) is 4.74 Å². The van der Waals surface area contributed by atoms with Gasteiger partial charge in [0.1, 0.15) is 5.75 Å². The molecular weight excluding hydrogens is 274 g/mol. The Balaban J connectivity index is 1.69. The summed E-state index contributed by atoms with van der Waals surface area (Å²) in [5, 5.41) is 2.96. The van der Waals surface area contributed by atoms with Gasteiger partial charge in [0.15, 0.2) is 0 Å². The Labute approximate surface area is 132 Å². The van der Waals surface area contributed by atoms with Gasteiger partial charge < -0.3 is 10.1 Å². The largest absolute Gasteiger partial charge is 0.493 e. The Kier molecular flexibility index (Phi) is 6.01. The van der Waals surface area contributed by atoms with E-state index in [1.165, 1.54) is 5.56 Å². The van der Waals surface area contributed by atoms with Crippen molar-refractivity contribution in [1.29, 1.82) is 0 Å². The van der Waals surface area contributed by atoms with Gasteiger partial charge in [0.2, 0.25) is 5.91 Å². The van der Waals surface area contributed by atoms with Gasteiger partial charge in [-0.3, -0.25) is 4.79 Å². The highest BCUT2D eigenvalue weighted by Gasteiger charge is 2.08. The van der Waals surface area contributed by atoms with Crippen LogP contribution in [0.5, 0.6) is 5.75 Å². The van der Waals surface area contributed by atoms with Gasteiger partial charge in [-0.1, -0.05) is 55.5 Å². The number of hydrogen-bond acceptors (Lipinski definition) is 2. The Bertz CT molecular complexity index is 595. The van der Waals surface area contributed by atoms with Crippen LogP contribution in [-0.4, -0.2) is 19.1 Å².